The van der Waals surface area contributed by atoms with E-state index in [2.05, 4.69) is 15.6 Å². The molecule has 7 heteroatoms. The van der Waals surface area contributed by atoms with Gasteiger partial charge in [0.25, 0.3) is 5.91 Å². The lowest BCUT2D eigenvalue weighted by Crippen LogP contribution is -2.41. The Morgan fingerprint density at radius 2 is 2.41 bits per heavy atom. The number of thiophene rings is 1. The third-order valence-electron chi connectivity index (χ3n) is 3.54. The van der Waals surface area contributed by atoms with Crippen molar-refractivity contribution in [1.82, 2.24) is 20.2 Å². The van der Waals surface area contributed by atoms with E-state index in [1.54, 1.807) is 17.5 Å². The fourth-order valence-corrected chi connectivity index (χ4v) is 3.29. The lowest BCUT2D eigenvalue weighted by molar-refractivity contribution is -0.122. The third kappa shape index (κ3) is 2.76. The molecule has 0 radical (unpaired) electrons. The zero-order valence-electron chi connectivity index (χ0n) is 12.5. The fourth-order valence-electron chi connectivity index (χ4n) is 2.65. The van der Waals surface area contributed by atoms with E-state index in [0.717, 1.165) is 11.4 Å². The second-order valence-electron chi connectivity index (χ2n) is 5.64. The van der Waals surface area contributed by atoms with Crippen LogP contribution in [0, 0.1) is 0 Å². The molecule has 2 aromatic heterocycles. The lowest BCUT2D eigenvalue weighted by Gasteiger charge is -2.27. The highest BCUT2D eigenvalue weighted by molar-refractivity contribution is 7.08. The van der Waals surface area contributed by atoms with Gasteiger partial charge in [-0.25, -0.2) is 4.98 Å². The van der Waals surface area contributed by atoms with Gasteiger partial charge in [-0.05, 0) is 25.3 Å². The quantitative estimate of drug-likeness (QED) is 0.903. The van der Waals surface area contributed by atoms with Crippen LogP contribution in [0.25, 0.3) is 11.4 Å². The van der Waals surface area contributed by atoms with Gasteiger partial charge in [0.15, 0.2) is 0 Å². The van der Waals surface area contributed by atoms with Crippen LogP contribution in [0.15, 0.2) is 23.0 Å². The van der Waals surface area contributed by atoms with E-state index in [1.807, 2.05) is 35.2 Å². The number of carbonyl (C=O) groups excluding carboxylic acids is 2. The smallest absolute Gasteiger partial charge is 0.269 e. The third-order valence-corrected chi connectivity index (χ3v) is 4.23. The van der Waals surface area contributed by atoms with Gasteiger partial charge in [0.05, 0.1) is 12.2 Å². The summed E-state index contributed by atoms with van der Waals surface area (Å²) in [5, 5.41) is 9.69. The molecule has 2 amide bonds. The van der Waals surface area contributed by atoms with Gasteiger partial charge in [-0.15, -0.1) is 0 Å². The number of nitrogens with zero attached hydrogens (tertiary/aromatic N) is 2. The van der Waals surface area contributed by atoms with Crippen molar-refractivity contribution < 1.29 is 9.59 Å². The van der Waals surface area contributed by atoms with Gasteiger partial charge >= 0.3 is 0 Å². The van der Waals surface area contributed by atoms with Crippen molar-refractivity contribution in [2.75, 3.05) is 6.54 Å². The van der Waals surface area contributed by atoms with Crippen LogP contribution < -0.4 is 10.6 Å². The number of carbonyl (C=O) groups is 2. The summed E-state index contributed by atoms with van der Waals surface area (Å²) < 4.78 is 1.89. The highest BCUT2D eigenvalue weighted by Crippen LogP contribution is 2.29. The van der Waals surface area contributed by atoms with Crippen molar-refractivity contribution in [2.24, 2.45) is 0 Å². The first kappa shape index (κ1) is 14.8. The van der Waals surface area contributed by atoms with E-state index >= 15 is 0 Å². The summed E-state index contributed by atoms with van der Waals surface area (Å²) in [5.41, 5.74) is 1.48. The Kier molecular flexibility index (Phi) is 3.98. The average Bonchev–Trinajstić information content (AvgIpc) is 3.09. The van der Waals surface area contributed by atoms with Crippen LogP contribution in [0.4, 0.5) is 0 Å². The molecule has 2 N–H and O–H groups in total. The summed E-state index contributed by atoms with van der Waals surface area (Å²) in [7, 11) is 0. The lowest BCUT2D eigenvalue weighted by atomic mass is 10.1. The number of hydrogen-bond acceptors (Lipinski definition) is 4. The van der Waals surface area contributed by atoms with Gasteiger partial charge in [-0.3, -0.25) is 9.59 Å². The molecule has 0 aromatic carbocycles. The maximum Gasteiger partial charge on any atom is 0.269 e. The van der Waals surface area contributed by atoms with Crippen molar-refractivity contribution in [3.8, 4) is 11.4 Å². The van der Waals surface area contributed by atoms with Gasteiger partial charge in [0.1, 0.15) is 11.5 Å². The summed E-state index contributed by atoms with van der Waals surface area (Å²) in [4.78, 5) is 28.5. The van der Waals surface area contributed by atoms with Gasteiger partial charge in [0.2, 0.25) is 5.91 Å². The fraction of sp³-hybridized carbons (Fsp3) is 0.400. The molecule has 1 atom stereocenters. The van der Waals surface area contributed by atoms with Crippen molar-refractivity contribution in [3.63, 3.8) is 0 Å². The molecule has 0 fully saturated rings. The molecule has 0 saturated carbocycles. The van der Waals surface area contributed by atoms with Crippen molar-refractivity contribution in [3.05, 3.63) is 28.7 Å². The van der Waals surface area contributed by atoms with Crippen molar-refractivity contribution >= 4 is 23.2 Å². The molecule has 1 aliphatic heterocycles. The number of amides is 2. The first-order chi connectivity index (χ1) is 10.6. The molecule has 0 bridgehead atoms. The first-order valence-electron chi connectivity index (χ1n) is 7.23. The minimum Gasteiger partial charge on any atom is -0.354 e. The Morgan fingerprint density at radius 3 is 3.09 bits per heavy atom. The molecular weight excluding hydrogens is 300 g/mol. The largest absolute Gasteiger partial charge is 0.354 e. The highest BCUT2D eigenvalue weighted by Gasteiger charge is 2.30. The number of hydrogen-bond donors (Lipinski definition) is 2. The van der Waals surface area contributed by atoms with E-state index in [1.165, 1.54) is 0 Å². The van der Waals surface area contributed by atoms with Crippen LogP contribution in [0.3, 0.4) is 0 Å². The summed E-state index contributed by atoms with van der Waals surface area (Å²) in [5.74, 6) is 0.579. The predicted molar refractivity (Wildman–Crippen MR) is 84.8 cm³/mol. The predicted octanol–water partition coefficient (Wildman–Crippen LogP) is 1.81. The van der Waals surface area contributed by atoms with Crippen LogP contribution in [0.5, 0.6) is 0 Å². The zero-order valence-corrected chi connectivity index (χ0v) is 13.3. The monoisotopic (exact) mass is 318 g/mol. The summed E-state index contributed by atoms with van der Waals surface area (Å²) in [6.07, 6.45) is 1.90. The molecule has 116 valence electrons. The molecule has 0 saturated heterocycles. The van der Waals surface area contributed by atoms with Crippen LogP contribution in [-0.4, -0.2) is 34.0 Å². The van der Waals surface area contributed by atoms with Crippen LogP contribution in [0.1, 0.15) is 36.8 Å². The van der Waals surface area contributed by atoms with Gasteiger partial charge < -0.3 is 15.2 Å². The molecule has 3 rings (SSSR count). The van der Waals surface area contributed by atoms with Crippen molar-refractivity contribution in [2.45, 2.75) is 32.4 Å². The summed E-state index contributed by atoms with van der Waals surface area (Å²) >= 11 is 1.58. The Labute approximate surface area is 132 Å². The Morgan fingerprint density at radius 1 is 1.59 bits per heavy atom. The standard InChI is InChI=1S/C15H18N4O2S/c1-9(2)18-13(20)5-11-6-17-15(21)12-7-16-14(19(11)12)10-3-4-22-8-10/h3-4,7-9,11H,5-6H2,1-2H3,(H,17,21)(H,18,20). The SMILES string of the molecule is CC(C)NC(=O)CC1CNC(=O)c2cnc(-c3ccsc3)n21. The van der Waals surface area contributed by atoms with Crippen molar-refractivity contribution in [1.29, 1.82) is 0 Å². The average molecular weight is 318 g/mol. The number of nitrogens with one attached hydrogen (secondary N) is 2. The van der Waals surface area contributed by atoms with E-state index in [9.17, 15) is 9.59 Å². The Hall–Kier alpha value is -2.15. The van der Waals surface area contributed by atoms with Crippen LogP contribution in [0.2, 0.25) is 0 Å². The van der Waals surface area contributed by atoms with Crippen LogP contribution in [-0.2, 0) is 4.79 Å². The molecule has 22 heavy (non-hydrogen) atoms. The molecule has 0 aliphatic carbocycles. The number of imidazole rings is 1. The number of fused-ring (bicyclic) bond motifs is 1. The molecule has 0 spiro atoms. The van der Waals surface area contributed by atoms with Gasteiger partial charge in [-0.2, -0.15) is 11.3 Å². The minimum atomic E-state index is -0.144. The highest BCUT2D eigenvalue weighted by atomic mass is 32.1. The van der Waals surface area contributed by atoms with E-state index in [0.29, 0.717) is 18.7 Å². The van der Waals surface area contributed by atoms with E-state index in [-0.39, 0.29) is 23.9 Å². The second kappa shape index (κ2) is 5.92. The zero-order chi connectivity index (χ0) is 15.7. The van der Waals surface area contributed by atoms with Gasteiger partial charge in [-0.1, -0.05) is 0 Å². The maximum absolute atomic E-state index is 12.1. The molecule has 6 nitrogen and oxygen atoms in total. The van der Waals surface area contributed by atoms with Crippen LogP contribution >= 0.6 is 11.3 Å². The molecule has 1 aliphatic rings. The Bertz CT molecular complexity index is 690. The minimum absolute atomic E-state index is 0.0212. The Balaban J connectivity index is 1.93. The molecule has 1 unspecified atom stereocenters. The molecule has 3 heterocycles. The van der Waals surface area contributed by atoms with E-state index < -0.39 is 0 Å². The molecular formula is C15H18N4O2S. The van der Waals surface area contributed by atoms with Gasteiger partial charge in [0, 0.05) is 30.0 Å². The summed E-state index contributed by atoms with van der Waals surface area (Å²) in [6.45, 7) is 4.30. The number of aromatic nitrogens is 2. The topological polar surface area (TPSA) is 76.0 Å². The molecule has 2 aromatic rings. The maximum atomic E-state index is 12.1. The number of rotatable bonds is 4. The second-order valence-corrected chi connectivity index (χ2v) is 6.42. The normalized spacial score (nSPS) is 17.2. The van der Waals surface area contributed by atoms with E-state index in [4.69, 9.17) is 0 Å². The first-order valence-corrected chi connectivity index (χ1v) is 8.18. The summed E-state index contributed by atoms with van der Waals surface area (Å²) in [6, 6.07) is 1.95.